The van der Waals surface area contributed by atoms with Crippen LogP contribution in [0.1, 0.15) is 28.9 Å². The van der Waals surface area contributed by atoms with Crippen LogP contribution in [-0.4, -0.2) is 34.4 Å². The summed E-state index contributed by atoms with van der Waals surface area (Å²) >= 11 is 0. The molecule has 1 saturated carbocycles. The van der Waals surface area contributed by atoms with Crippen LogP contribution in [0.25, 0.3) is 0 Å². The lowest BCUT2D eigenvalue weighted by Gasteiger charge is -2.48. The first-order valence-corrected chi connectivity index (χ1v) is 6.27. The molecule has 0 aromatic carbocycles. The highest BCUT2D eigenvalue weighted by Crippen LogP contribution is 2.43. The monoisotopic (exact) mass is 247 g/mol. The normalized spacial score (nSPS) is 21.6. The van der Waals surface area contributed by atoms with Crippen LogP contribution >= 0.6 is 0 Å². The number of aromatic amines is 1. The number of pyridine rings is 1. The third-order valence-corrected chi connectivity index (χ3v) is 3.94. The number of aromatic nitrogens is 1. The Balaban J connectivity index is 1.74. The second-order valence-electron chi connectivity index (χ2n) is 5.56. The highest BCUT2D eigenvalue weighted by Gasteiger charge is 2.51. The number of carbonyl (C=O) groups is 1. The van der Waals surface area contributed by atoms with Crippen molar-refractivity contribution >= 4 is 5.91 Å². The Morgan fingerprint density at radius 2 is 2.17 bits per heavy atom. The number of amides is 1. The Morgan fingerprint density at radius 3 is 2.72 bits per heavy atom. The van der Waals surface area contributed by atoms with Crippen molar-refractivity contribution in [1.82, 2.24) is 9.88 Å². The van der Waals surface area contributed by atoms with Crippen molar-refractivity contribution in [1.29, 1.82) is 0 Å². The maximum Gasteiger partial charge on any atom is 0.259 e. The first kappa shape index (κ1) is 11.5. The van der Waals surface area contributed by atoms with Crippen molar-refractivity contribution < 1.29 is 4.79 Å². The van der Waals surface area contributed by atoms with Gasteiger partial charge in [0.25, 0.3) is 5.91 Å². The predicted molar refractivity (Wildman–Crippen MR) is 67.3 cm³/mol. The van der Waals surface area contributed by atoms with E-state index in [0.717, 1.165) is 5.69 Å². The second-order valence-corrected chi connectivity index (χ2v) is 5.56. The second kappa shape index (κ2) is 3.68. The number of aryl methyl sites for hydroxylation is 1. The molecule has 5 heteroatoms. The number of hydrogen-bond acceptors (Lipinski definition) is 3. The fourth-order valence-corrected chi connectivity index (χ4v) is 2.64. The highest BCUT2D eigenvalue weighted by atomic mass is 16.2. The van der Waals surface area contributed by atoms with Crippen molar-refractivity contribution in [2.45, 2.75) is 25.3 Å². The van der Waals surface area contributed by atoms with Crippen LogP contribution in [0, 0.1) is 12.8 Å². The van der Waals surface area contributed by atoms with Gasteiger partial charge in [0.15, 0.2) is 5.43 Å². The van der Waals surface area contributed by atoms with Gasteiger partial charge in [-0.3, -0.25) is 9.59 Å². The predicted octanol–water partition coefficient (Wildman–Crippen LogP) is 0.247. The Morgan fingerprint density at radius 1 is 1.50 bits per heavy atom. The maximum atomic E-state index is 12.1. The van der Waals surface area contributed by atoms with Gasteiger partial charge >= 0.3 is 0 Å². The third-order valence-electron chi connectivity index (χ3n) is 3.94. The summed E-state index contributed by atoms with van der Waals surface area (Å²) < 4.78 is 0. The van der Waals surface area contributed by atoms with Gasteiger partial charge in [-0.25, -0.2) is 0 Å². The van der Waals surface area contributed by atoms with Crippen LogP contribution in [0.15, 0.2) is 17.1 Å². The first-order chi connectivity index (χ1) is 8.49. The number of H-pyrrole nitrogens is 1. The molecule has 2 fully saturated rings. The van der Waals surface area contributed by atoms with E-state index in [1.165, 1.54) is 25.1 Å². The topological polar surface area (TPSA) is 79.2 Å². The molecule has 0 radical (unpaired) electrons. The number of hydrogen-bond donors (Lipinski definition) is 2. The van der Waals surface area contributed by atoms with Crippen LogP contribution in [0.4, 0.5) is 0 Å². The molecular formula is C13H17N3O2. The lowest BCUT2D eigenvalue weighted by atomic mass is 9.85. The minimum atomic E-state index is -0.225. The smallest absolute Gasteiger partial charge is 0.259 e. The quantitative estimate of drug-likeness (QED) is 0.786. The van der Waals surface area contributed by atoms with Gasteiger partial charge in [-0.15, -0.1) is 0 Å². The molecule has 0 bridgehead atoms. The Labute approximate surface area is 105 Å². The summed E-state index contributed by atoms with van der Waals surface area (Å²) in [7, 11) is 0. The van der Waals surface area contributed by atoms with Crippen molar-refractivity contribution in [3.05, 3.63) is 33.7 Å². The van der Waals surface area contributed by atoms with E-state index in [0.29, 0.717) is 19.0 Å². The van der Waals surface area contributed by atoms with Gasteiger partial charge in [0, 0.05) is 31.0 Å². The van der Waals surface area contributed by atoms with E-state index < -0.39 is 0 Å². The minimum Gasteiger partial charge on any atom is -0.364 e. The lowest BCUT2D eigenvalue weighted by Crippen LogP contribution is -2.70. The third kappa shape index (κ3) is 1.75. The summed E-state index contributed by atoms with van der Waals surface area (Å²) in [6.45, 7) is 2.94. The van der Waals surface area contributed by atoms with Gasteiger partial charge in [-0.05, 0) is 25.7 Å². The molecule has 3 rings (SSSR count). The Kier molecular flexibility index (Phi) is 2.35. The number of nitrogens with one attached hydrogen (secondary N) is 1. The zero-order valence-electron chi connectivity index (χ0n) is 10.4. The van der Waals surface area contributed by atoms with Crippen LogP contribution < -0.4 is 11.2 Å². The zero-order valence-corrected chi connectivity index (χ0v) is 10.4. The minimum absolute atomic E-state index is 0.201. The molecule has 1 aromatic heterocycles. The molecule has 1 saturated heterocycles. The Hall–Kier alpha value is -1.62. The standard InChI is InChI=1S/C13H17N3O2/c1-8-4-11(17)10(5-15-8)12(18)16-6-13(14,7-16)9-2-3-9/h4-5,9H,2-3,6-7,14H2,1H3,(H,15,17). The largest absolute Gasteiger partial charge is 0.364 e. The summed E-state index contributed by atoms with van der Waals surface area (Å²) in [5, 5.41) is 0. The van der Waals surface area contributed by atoms with Gasteiger partial charge in [-0.1, -0.05) is 0 Å². The number of likely N-dealkylation sites (tertiary alicyclic amines) is 1. The van der Waals surface area contributed by atoms with E-state index in [9.17, 15) is 9.59 Å². The number of carbonyl (C=O) groups excluding carboxylic acids is 1. The summed E-state index contributed by atoms with van der Waals surface area (Å²) in [5.41, 5.74) is 6.73. The van der Waals surface area contributed by atoms with Gasteiger partial charge < -0.3 is 15.6 Å². The fourth-order valence-electron chi connectivity index (χ4n) is 2.64. The van der Waals surface area contributed by atoms with Gasteiger partial charge in [0.2, 0.25) is 0 Å². The highest BCUT2D eigenvalue weighted by molar-refractivity contribution is 5.94. The summed E-state index contributed by atoms with van der Waals surface area (Å²) in [4.78, 5) is 28.4. The summed E-state index contributed by atoms with van der Waals surface area (Å²) in [6, 6.07) is 1.45. The molecule has 0 spiro atoms. The average molecular weight is 247 g/mol. The molecule has 96 valence electrons. The fraction of sp³-hybridized carbons (Fsp3) is 0.538. The molecule has 1 aromatic rings. The molecule has 0 unspecified atom stereocenters. The summed E-state index contributed by atoms with van der Waals surface area (Å²) in [6.07, 6.45) is 3.83. The van der Waals surface area contributed by atoms with E-state index in [2.05, 4.69) is 4.98 Å². The molecule has 1 aliphatic carbocycles. The van der Waals surface area contributed by atoms with Gasteiger partial charge in [-0.2, -0.15) is 0 Å². The van der Waals surface area contributed by atoms with Crippen molar-refractivity contribution in [3.63, 3.8) is 0 Å². The number of rotatable bonds is 2. The molecule has 1 aliphatic heterocycles. The molecule has 2 aliphatic rings. The van der Waals surface area contributed by atoms with Crippen LogP contribution in [0.3, 0.4) is 0 Å². The van der Waals surface area contributed by atoms with Crippen molar-refractivity contribution in [2.24, 2.45) is 11.7 Å². The number of nitrogens with zero attached hydrogens (tertiary/aromatic N) is 1. The lowest BCUT2D eigenvalue weighted by molar-refractivity contribution is 0.0349. The van der Waals surface area contributed by atoms with E-state index in [4.69, 9.17) is 5.73 Å². The SMILES string of the molecule is Cc1cc(=O)c(C(=O)N2CC(N)(C3CC3)C2)c[nH]1. The summed E-state index contributed by atoms with van der Waals surface area (Å²) in [5.74, 6) is 0.357. The number of nitrogens with two attached hydrogens (primary N) is 1. The molecule has 1 amide bonds. The van der Waals surface area contributed by atoms with E-state index in [1.54, 1.807) is 11.8 Å². The van der Waals surface area contributed by atoms with E-state index >= 15 is 0 Å². The van der Waals surface area contributed by atoms with Gasteiger partial charge in [0.1, 0.15) is 5.56 Å². The molecule has 3 N–H and O–H groups in total. The van der Waals surface area contributed by atoms with Gasteiger partial charge in [0.05, 0.1) is 5.54 Å². The van der Waals surface area contributed by atoms with E-state index in [-0.39, 0.29) is 22.4 Å². The van der Waals surface area contributed by atoms with Crippen molar-refractivity contribution in [2.75, 3.05) is 13.1 Å². The van der Waals surface area contributed by atoms with Crippen LogP contribution in [-0.2, 0) is 0 Å². The van der Waals surface area contributed by atoms with Crippen molar-refractivity contribution in [3.8, 4) is 0 Å². The van der Waals surface area contributed by atoms with E-state index in [1.807, 2.05) is 0 Å². The average Bonchev–Trinajstić information content (AvgIpc) is 3.08. The molecule has 18 heavy (non-hydrogen) atoms. The zero-order chi connectivity index (χ0) is 12.9. The van der Waals surface area contributed by atoms with Crippen LogP contribution in [0.5, 0.6) is 0 Å². The first-order valence-electron chi connectivity index (χ1n) is 6.27. The molecule has 5 nitrogen and oxygen atoms in total. The Bertz CT molecular complexity index is 554. The molecule has 0 atom stereocenters. The molecular weight excluding hydrogens is 230 g/mol. The molecule has 2 heterocycles. The van der Waals surface area contributed by atoms with Crippen LogP contribution in [0.2, 0.25) is 0 Å². The maximum absolute atomic E-state index is 12.1.